The van der Waals surface area contributed by atoms with Crippen LogP contribution < -0.4 is 5.32 Å². The van der Waals surface area contributed by atoms with Crippen molar-refractivity contribution in [2.45, 2.75) is 18.8 Å². The topological polar surface area (TPSA) is 46.9 Å². The van der Waals surface area contributed by atoms with E-state index < -0.39 is 11.6 Å². The number of halogens is 3. The summed E-state index contributed by atoms with van der Waals surface area (Å²) in [4.78, 5) is 15.4. The number of alkyl halides is 1. The minimum absolute atomic E-state index is 0.0413. The zero-order valence-corrected chi connectivity index (χ0v) is 11.0. The van der Waals surface area contributed by atoms with E-state index in [1.54, 1.807) is 0 Å². The van der Waals surface area contributed by atoms with Gasteiger partial charge in [-0.3, -0.25) is 4.79 Å². The van der Waals surface area contributed by atoms with E-state index >= 15 is 0 Å². The predicted octanol–water partition coefficient (Wildman–Crippen LogP) is 2.19. The summed E-state index contributed by atoms with van der Waals surface area (Å²) in [5.74, 6) is -1.65. The van der Waals surface area contributed by atoms with Gasteiger partial charge in [0.05, 0.1) is 11.4 Å². The molecular formula is C12H12ClF2N3O. The molecule has 0 unspecified atom stereocenters. The van der Waals surface area contributed by atoms with Gasteiger partial charge in [0.15, 0.2) is 11.6 Å². The summed E-state index contributed by atoms with van der Waals surface area (Å²) < 4.78 is 28.6. The van der Waals surface area contributed by atoms with Gasteiger partial charge in [-0.2, -0.15) is 0 Å². The number of hydrogen-bond acceptors (Lipinski definition) is 2. The third-order valence-electron chi connectivity index (χ3n) is 2.84. The summed E-state index contributed by atoms with van der Waals surface area (Å²) in [7, 11) is 1.51. The molecule has 2 aromatic rings. The van der Waals surface area contributed by atoms with Gasteiger partial charge >= 0.3 is 0 Å². The fraction of sp³-hybridized carbons (Fsp3) is 0.333. The Morgan fingerprint density at radius 2 is 2.21 bits per heavy atom. The van der Waals surface area contributed by atoms with Crippen LogP contribution in [0.15, 0.2) is 12.1 Å². The second-order valence-electron chi connectivity index (χ2n) is 3.97. The molecule has 1 heterocycles. The number of carbonyl (C=O) groups is 1. The first-order valence-electron chi connectivity index (χ1n) is 5.68. The number of aryl methyl sites for hydroxylation is 1. The smallest absolute Gasteiger partial charge is 0.221 e. The third-order valence-corrected chi connectivity index (χ3v) is 3.08. The molecule has 0 radical (unpaired) electrons. The number of nitrogens with one attached hydrogen (secondary N) is 1. The van der Waals surface area contributed by atoms with Gasteiger partial charge in [0.1, 0.15) is 11.3 Å². The highest BCUT2D eigenvalue weighted by Gasteiger charge is 2.17. The lowest BCUT2D eigenvalue weighted by atomic mass is 10.3. The lowest BCUT2D eigenvalue weighted by Crippen LogP contribution is -2.20. The first-order valence-corrected chi connectivity index (χ1v) is 6.21. The van der Waals surface area contributed by atoms with Crippen LogP contribution in [0.5, 0.6) is 0 Å². The van der Waals surface area contributed by atoms with Crippen LogP contribution in [0.4, 0.5) is 8.78 Å². The van der Waals surface area contributed by atoms with Gasteiger partial charge in [-0.05, 0) is 12.1 Å². The molecule has 1 N–H and O–H groups in total. The maximum Gasteiger partial charge on any atom is 0.221 e. The predicted molar refractivity (Wildman–Crippen MR) is 67.9 cm³/mol. The second kappa shape index (κ2) is 5.52. The average Bonchev–Trinajstić information content (AvgIpc) is 2.78. The number of nitrogens with zero attached hydrogens (tertiary/aromatic N) is 2. The van der Waals surface area contributed by atoms with Gasteiger partial charge < -0.3 is 9.88 Å². The fourth-order valence-corrected chi connectivity index (χ4v) is 2.09. The summed E-state index contributed by atoms with van der Waals surface area (Å²) in [6, 6.07) is 2.41. The summed E-state index contributed by atoms with van der Waals surface area (Å²) >= 11 is 5.74. The zero-order valence-electron chi connectivity index (χ0n) is 10.2. The van der Waals surface area contributed by atoms with Crippen LogP contribution in [0.2, 0.25) is 0 Å². The Bertz CT molecular complexity index is 627. The highest BCUT2D eigenvalue weighted by atomic mass is 35.5. The van der Waals surface area contributed by atoms with Crippen molar-refractivity contribution in [2.75, 3.05) is 7.05 Å². The maximum absolute atomic E-state index is 13.8. The lowest BCUT2D eigenvalue weighted by molar-refractivity contribution is -0.120. The molecule has 0 aliphatic rings. The highest BCUT2D eigenvalue weighted by molar-refractivity contribution is 6.16. The fourth-order valence-electron chi connectivity index (χ4n) is 1.89. The molecule has 0 fully saturated rings. The zero-order chi connectivity index (χ0) is 14.0. The van der Waals surface area contributed by atoms with Crippen LogP contribution in [0.3, 0.4) is 0 Å². The highest BCUT2D eigenvalue weighted by Crippen LogP contribution is 2.23. The van der Waals surface area contributed by atoms with E-state index in [0.29, 0.717) is 11.3 Å². The first kappa shape index (κ1) is 13.7. The Hall–Kier alpha value is -1.69. The number of carbonyl (C=O) groups excluding carboxylic acids is 1. The van der Waals surface area contributed by atoms with E-state index in [2.05, 4.69) is 10.3 Å². The molecule has 7 heteroatoms. The van der Waals surface area contributed by atoms with E-state index in [0.717, 1.165) is 6.07 Å². The number of imidazole rings is 1. The number of hydrogen-bond donors (Lipinski definition) is 1. The molecule has 0 atom stereocenters. The van der Waals surface area contributed by atoms with Crippen LogP contribution in [-0.4, -0.2) is 22.5 Å². The molecule has 0 bridgehead atoms. The van der Waals surface area contributed by atoms with Gasteiger partial charge in [0.2, 0.25) is 5.91 Å². The lowest BCUT2D eigenvalue weighted by Gasteiger charge is -2.07. The van der Waals surface area contributed by atoms with Crippen molar-refractivity contribution >= 4 is 28.5 Å². The molecule has 0 saturated heterocycles. The standard InChI is InChI=1S/C12H12ClF2N3O/c1-16-10(19)4-5-18-9(6-13)17-8-3-2-7(14)11(15)12(8)18/h2-3H,4-6H2,1H3,(H,16,19). The molecule has 4 nitrogen and oxygen atoms in total. The summed E-state index contributed by atoms with van der Waals surface area (Å²) in [5, 5.41) is 2.47. The first-order chi connectivity index (χ1) is 9.08. The maximum atomic E-state index is 13.8. The number of aromatic nitrogens is 2. The van der Waals surface area contributed by atoms with E-state index in [9.17, 15) is 13.6 Å². The van der Waals surface area contributed by atoms with Crippen molar-refractivity contribution < 1.29 is 13.6 Å². The SMILES string of the molecule is CNC(=O)CCn1c(CCl)nc2ccc(F)c(F)c21. The quantitative estimate of drug-likeness (QED) is 0.876. The van der Waals surface area contributed by atoms with Gasteiger partial charge in [-0.25, -0.2) is 13.8 Å². The minimum atomic E-state index is -0.974. The summed E-state index contributed by atoms with van der Waals surface area (Å²) in [6.07, 6.45) is 0.141. The Morgan fingerprint density at radius 1 is 1.47 bits per heavy atom. The molecule has 2 rings (SSSR count). The Morgan fingerprint density at radius 3 is 2.84 bits per heavy atom. The normalized spacial score (nSPS) is 10.9. The van der Waals surface area contributed by atoms with Crippen LogP contribution in [0, 0.1) is 11.6 Å². The van der Waals surface area contributed by atoms with Crippen LogP contribution in [0.25, 0.3) is 11.0 Å². The molecular weight excluding hydrogens is 276 g/mol. The van der Waals surface area contributed by atoms with Crippen LogP contribution >= 0.6 is 11.6 Å². The third kappa shape index (κ3) is 2.53. The second-order valence-corrected chi connectivity index (χ2v) is 4.23. The Labute approximate surface area is 113 Å². The van der Waals surface area contributed by atoms with Gasteiger partial charge in [0, 0.05) is 20.0 Å². The van der Waals surface area contributed by atoms with E-state index in [1.807, 2.05) is 0 Å². The molecule has 0 spiro atoms. The van der Waals surface area contributed by atoms with Crippen molar-refractivity contribution in [1.82, 2.24) is 14.9 Å². The Balaban J connectivity index is 2.49. The largest absolute Gasteiger partial charge is 0.359 e. The molecule has 1 aromatic carbocycles. The Kier molecular flexibility index (Phi) is 3.99. The summed E-state index contributed by atoms with van der Waals surface area (Å²) in [5.41, 5.74) is 0.367. The van der Waals surface area contributed by atoms with Crippen molar-refractivity contribution in [1.29, 1.82) is 0 Å². The molecule has 0 saturated carbocycles. The number of amides is 1. The van der Waals surface area contributed by atoms with Crippen LogP contribution in [0.1, 0.15) is 12.2 Å². The molecule has 19 heavy (non-hydrogen) atoms. The van der Waals surface area contributed by atoms with E-state index in [1.165, 1.54) is 17.7 Å². The van der Waals surface area contributed by atoms with Crippen molar-refractivity contribution in [3.05, 3.63) is 29.6 Å². The minimum Gasteiger partial charge on any atom is -0.359 e. The van der Waals surface area contributed by atoms with Gasteiger partial charge in [-0.15, -0.1) is 11.6 Å². The van der Waals surface area contributed by atoms with Gasteiger partial charge in [0.25, 0.3) is 0 Å². The number of benzene rings is 1. The number of fused-ring (bicyclic) bond motifs is 1. The van der Waals surface area contributed by atoms with Crippen molar-refractivity contribution in [2.24, 2.45) is 0 Å². The number of rotatable bonds is 4. The molecule has 1 amide bonds. The average molecular weight is 288 g/mol. The molecule has 0 aliphatic carbocycles. The van der Waals surface area contributed by atoms with E-state index in [4.69, 9.17) is 11.6 Å². The van der Waals surface area contributed by atoms with E-state index in [-0.39, 0.29) is 30.3 Å². The van der Waals surface area contributed by atoms with Crippen LogP contribution in [-0.2, 0) is 17.2 Å². The van der Waals surface area contributed by atoms with Crippen molar-refractivity contribution in [3.8, 4) is 0 Å². The van der Waals surface area contributed by atoms with Crippen molar-refractivity contribution in [3.63, 3.8) is 0 Å². The monoisotopic (exact) mass is 287 g/mol. The van der Waals surface area contributed by atoms with Gasteiger partial charge in [-0.1, -0.05) is 0 Å². The molecule has 0 aliphatic heterocycles. The summed E-state index contributed by atoms with van der Waals surface area (Å²) in [6.45, 7) is 0.193. The molecule has 1 aromatic heterocycles. The molecule has 102 valence electrons.